The fourth-order valence-electron chi connectivity index (χ4n) is 4.70. The van der Waals surface area contributed by atoms with Crippen molar-refractivity contribution in [1.82, 2.24) is 16.0 Å². The number of carboxylic acid groups (broad SMARTS) is 1. The van der Waals surface area contributed by atoms with Crippen LogP contribution in [-0.2, 0) is 11.3 Å². The van der Waals surface area contributed by atoms with E-state index in [4.69, 9.17) is 4.42 Å². The zero-order chi connectivity index (χ0) is 28.8. The van der Waals surface area contributed by atoms with E-state index in [2.05, 4.69) is 20.9 Å². The molecule has 0 fully saturated rings. The smallest absolute Gasteiger partial charge is 0.336 e. The van der Waals surface area contributed by atoms with Crippen molar-refractivity contribution >= 4 is 28.8 Å². The van der Waals surface area contributed by atoms with Gasteiger partial charge in [0.25, 0.3) is 0 Å². The van der Waals surface area contributed by atoms with E-state index in [0.717, 1.165) is 6.42 Å². The second-order valence-corrected chi connectivity index (χ2v) is 9.44. The Kier molecular flexibility index (Phi) is 8.68. The zero-order valence-electron chi connectivity index (χ0n) is 22.6. The first kappa shape index (κ1) is 28.2. The lowest BCUT2D eigenvalue weighted by atomic mass is 9.90. The van der Waals surface area contributed by atoms with Crippen molar-refractivity contribution in [1.29, 1.82) is 0 Å². The second-order valence-electron chi connectivity index (χ2n) is 9.44. The highest BCUT2D eigenvalue weighted by atomic mass is 16.4. The number of aliphatic imine (C=N–C) groups is 1. The summed E-state index contributed by atoms with van der Waals surface area (Å²) in [6, 6.07) is 14.0. The van der Waals surface area contributed by atoms with E-state index in [1.807, 2.05) is 6.92 Å². The average Bonchev–Trinajstić information content (AvgIpc) is 2.95. The number of hydrogen-bond acceptors (Lipinski definition) is 6. The number of nitrogens with one attached hydrogen (secondary N) is 3. The molecule has 5 N–H and O–H groups in total. The van der Waals surface area contributed by atoms with Crippen LogP contribution in [0.15, 0.2) is 68.8 Å². The minimum absolute atomic E-state index is 0.0247. The van der Waals surface area contributed by atoms with Gasteiger partial charge in [-0.15, -0.1) is 0 Å². The molecular formula is C30H32N4O6. The molecule has 1 amide bonds. The Morgan fingerprint density at radius 2 is 1.82 bits per heavy atom. The molecule has 4 rings (SSSR count). The molecule has 10 nitrogen and oxygen atoms in total. The number of phenols is 1. The van der Waals surface area contributed by atoms with Crippen LogP contribution in [0.3, 0.4) is 0 Å². The molecule has 0 saturated heterocycles. The number of hydrogen-bond donors (Lipinski definition) is 5. The lowest BCUT2D eigenvalue weighted by Crippen LogP contribution is -2.35. The van der Waals surface area contributed by atoms with Gasteiger partial charge in [-0.25, -0.2) is 4.79 Å². The van der Waals surface area contributed by atoms with Gasteiger partial charge in [-0.3, -0.25) is 14.6 Å². The van der Waals surface area contributed by atoms with E-state index < -0.39 is 5.97 Å². The molecule has 0 spiro atoms. The van der Waals surface area contributed by atoms with Crippen LogP contribution in [0.25, 0.3) is 33.4 Å². The molecule has 0 aromatic heterocycles. The Morgan fingerprint density at radius 1 is 1.05 bits per heavy atom. The van der Waals surface area contributed by atoms with Crippen molar-refractivity contribution < 1.29 is 24.2 Å². The molecule has 0 unspecified atom stereocenters. The summed E-state index contributed by atoms with van der Waals surface area (Å²) >= 11 is 0. The van der Waals surface area contributed by atoms with Crippen molar-refractivity contribution in [3.63, 3.8) is 0 Å². The summed E-state index contributed by atoms with van der Waals surface area (Å²) in [6.45, 7) is 2.46. The van der Waals surface area contributed by atoms with Crippen LogP contribution in [0.1, 0.15) is 35.7 Å². The predicted octanol–water partition coefficient (Wildman–Crippen LogP) is 3.80. The van der Waals surface area contributed by atoms with Gasteiger partial charge in [-0.1, -0.05) is 25.1 Å². The number of benzene rings is 3. The van der Waals surface area contributed by atoms with Crippen LogP contribution < -0.4 is 21.4 Å². The van der Waals surface area contributed by atoms with Gasteiger partial charge in [0.05, 0.1) is 17.7 Å². The molecule has 1 heterocycles. The molecule has 1 aliphatic carbocycles. The molecule has 1 atom stereocenters. The number of amides is 1. The number of rotatable bonds is 9. The van der Waals surface area contributed by atoms with Crippen LogP contribution in [-0.4, -0.2) is 48.7 Å². The van der Waals surface area contributed by atoms with E-state index >= 15 is 0 Å². The van der Waals surface area contributed by atoms with Gasteiger partial charge in [0.15, 0.2) is 11.4 Å². The summed E-state index contributed by atoms with van der Waals surface area (Å²) in [4.78, 5) is 41.2. The highest BCUT2D eigenvalue weighted by molar-refractivity contribution is 6.08. The predicted molar refractivity (Wildman–Crippen MR) is 154 cm³/mol. The molecule has 2 aromatic rings. The highest BCUT2D eigenvalue weighted by Crippen LogP contribution is 2.43. The average molecular weight is 545 g/mol. The number of nitrogens with zero attached hydrogens (tertiary/aromatic N) is 1. The van der Waals surface area contributed by atoms with Gasteiger partial charge in [0.1, 0.15) is 17.1 Å². The largest absolute Gasteiger partial charge is 0.507 e. The van der Waals surface area contributed by atoms with Gasteiger partial charge in [-0.2, -0.15) is 0 Å². The SMILES string of the molecule is C/N=C(\NC)NCCC[C@@H](C)C(=O)NCc1c(O)ccc2c(-c3ccccc3C(=O)O)c3ccc(=O)cc-3oc12. The summed E-state index contributed by atoms with van der Waals surface area (Å²) in [5.41, 5.74) is 1.93. The normalized spacial score (nSPS) is 12.3. The third-order valence-corrected chi connectivity index (χ3v) is 6.82. The van der Waals surface area contributed by atoms with Crippen molar-refractivity contribution in [2.75, 3.05) is 20.6 Å². The lowest BCUT2D eigenvalue weighted by molar-refractivity contribution is -0.124. The maximum atomic E-state index is 12.9. The lowest BCUT2D eigenvalue weighted by Gasteiger charge is -2.19. The highest BCUT2D eigenvalue weighted by Gasteiger charge is 2.24. The fourth-order valence-corrected chi connectivity index (χ4v) is 4.70. The monoisotopic (exact) mass is 544 g/mol. The fraction of sp³-hybridized carbons (Fsp3) is 0.267. The standard InChI is InChI=1S/C30H32N4O6/c1-17(7-6-14-33-30(31-2)32-3)28(37)34-16-23-24(36)13-12-22-26(19-8-4-5-9-20(19)29(38)39)21-11-10-18(35)15-25(21)40-27(22)23/h4-5,8-13,15,17,36H,6-7,14,16H2,1-3H3,(H,34,37)(H,38,39)(H2,31,32,33)/t17-/m1/s1. The van der Waals surface area contributed by atoms with Crippen molar-refractivity contribution in [2.24, 2.45) is 10.9 Å². The number of phenolic OH excluding ortho intramolecular Hbond substituents is 1. The van der Waals surface area contributed by atoms with Gasteiger partial charge in [0, 0.05) is 49.1 Å². The van der Waals surface area contributed by atoms with Crippen LogP contribution in [0, 0.1) is 5.92 Å². The molecule has 10 heteroatoms. The number of carbonyl (C=O) groups excluding carboxylic acids is 1. The first-order chi connectivity index (χ1) is 19.2. The maximum Gasteiger partial charge on any atom is 0.336 e. The number of fused-ring (bicyclic) bond motifs is 2. The molecule has 0 bridgehead atoms. The second kappa shape index (κ2) is 12.3. The molecule has 2 aromatic carbocycles. The molecule has 40 heavy (non-hydrogen) atoms. The third-order valence-electron chi connectivity index (χ3n) is 6.82. The zero-order valence-corrected chi connectivity index (χ0v) is 22.6. The summed E-state index contributed by atoms with van der Waals surface area (Å²) in [5, 5.41) is 30.1. The molecule has 0 saturated carbocycles. The number of carbonyl (C=O) groups is 2. The van der Waals surface area contributed by atoms with Crippen molar-refractivity contribution in [3.8, 4) is 28.2 Å². The van der Waals surface area contributed by atoms with E-state index in [-0.39, 0.29) is 46.5 Å². The first-order valence-electron chi connectivity index (χ1n) is 12.9. The summed E-state index contributed by atoms with van der Waals surface area (Å²) < 4.78 is 6.13. The minimum atomic E-state index is -1.10. The Balaban J connectivity index is 1.68. The summed E-state index contributed by atoms with van der Waals surface area (Å²) in [6.07, 6.45) is 1.39. The number of aromatic carboxylic acids is 1. The van der Waals surface area contributed by atoms with Gasteiger partial charge < -0.3 is 30.6 Å². The quantitative estimate of drug-likeness (QED) is 0.0923. The molecule has 2 aliphatic rings. The van der Waals surface area contributed by atoms with Crippen molar-refractivity contribution in [3.05, 3.63) is 75.9 Å². The third kappa shape index (κ3) is 5.90. The van der Waals surface area contributed by atoms with Crippen molar-refractivity contribution in [2.45, 2.75) is 26.3 Å². The summed E-state index contributed by atoms with van der Waals surface area (Å²) in [7, 11) is 3.46. The molecule has 208 valence electrons. The maximum absolute atomic E-state index is 12.9. The molecular weight excluding hydrogens is 512 g/mol. The van der Waals surface area contributed by atoms with Gasteiger partial charge in [-0.05, 0) is 48.7 Å². The van der Waals surface area contributed by atoms with E-state index in [0.29, 0.717) is 46.6 Å². The van der Waals surface area contributed by atoms with Gasteiger partial charge >= 0.3 is 5.97 Å². The van der Waals surface area contributed by atoms with E-state index in [9.17, 15) is 24.6 Å². The van der Waals surface area contributed by atoms with Crippen LogP contribution in [0.2, 0.25) is 0 Å². The van der Waals surface area contributed by atoms with E-state index in [1.54, 1.807) is 44.4 Å². The minimum Gasteiger partial charge on any atom is -0.507 e. The summed E-state index contributed by atoms with van der Waals surface area (Å²) in [5.74, 6) is -0.748. The topological polar surface area (TPSA) is 153 Å². The Labute approximate surface area is 231 Å². The number of carboxylic acids is 1. The molecule has 0 radical (unpaired) electrons. The first-order valence-corrected chi connectivity index (χ1v) is 12.9. The Bertz CT molecular complexity index is 1610. The Hall–Kier alpha value is -4.86. The van der Waals surface area contributed by atoms with Crippen LogP contribution >= 0.6 is 0 Å². The van der Waals surface area contributed by atoms with Crippen LogP contribution in [0.5, 0.6) is 5.75 Å². The number of guanidine groups is 1. The van der Waals surface area contributed by atoms with E-state index in [1.165, 1.54) is 24.3 Å². The van der Waals surface area contributed by atoms with Crippen LogP contribution in [0.4, 0.5) is 0 Å². The van der Waals surface area contributed by atoms with Gasteiger partial charge in [0.2, 0.25) is 5.91 Å². The number of aromatic hydroxyl groups is 1. The molecule has 1 aliphatic heterocycles. The Morgan fingerprint density at radius 3 is 2.55 bits per heavy atom.